The monoisotopic (exact) mass is 368 g/mol. The Kier molecular flexibility index (Phi) is 9.14. The Morgan fingerprint density at radius 1 is 1.25 bits per heavy atom. The van der Waals surface area contributed by atoms with Crippen molar-refractivity contribution < 1.29 is 22.7 Å². The Labute approximate surface area is 146 Å². The summed E-state index contributed by atoms with van der Waals surface area (Å²) in [6, 6.07) is 5.24. The minimum Gasteiger partial charge on any atom is -0.484 e. The molecule has 0 aliphatic carbocycles. The second-order valence-corrected chi connectivity index (χ2v) is 5.61. The number of nitrogens with one attached hydrogen (secondary N) is 1. The number of carbonyl (C=O) groups is 1. The molecule has 1 aromatic rings. The van der Waals surface area contributed by atoms with E-state index in [0.29, 0.717) is 0 Å². The van der Waals surface area contributed by atoms with Crippen LogP contribution < -0.4 is 15.8 Å². The first-order valence-corrected chi connectivity index (χ1v) is 7.49. The van der Waals surface area contributed by atoms with Crippen LogP contribution in [0.1, 0.15) is 38.8 Å². The second kappa shape index (κ2) is 9.74. The smallest absolute Gasteiger partial charge is 0.422 e. The molecule has 0 heterocycles. The number of hydrogen-bond donors (Lipinski definition) is 2. The van der Waals surface area contributed by atoms with Crippen molar-refractivity contribution in [1.29, 1.82) is 0 Å². The van der Waals surface area contributed by atoms with Crippen LogP contribution in [0, 0.1) is 5.92 Å². The van der Waals surface area contributed by atoms with Gasteiger partial charge in [-0.05, 0) is 30.5 Å². The number of ether oxygens (including phenoxy) is 1. The van der Waals surface area contributed by atoms with E-state index in [0.717, 1.165) is 12.0 Å². The molecule has 1 rings (SSSR count). The Morgan fingerprint density at radius 3 is 2.25 bits per heavy atom. The summed E-state index contributed by atoms with van der Waals surface area (Å²) in [5.74, 6) is -0.0505. The van der Waals surface area contributed by atoms with Crippen LogP contribution in [0.4, 0.5) is 13.2 Å². The van der Waals surface area contributed by atoms with Gasteiger partial charge in [0, 0.05) is 0 Å². The van der Waals surface area contributed by atoms with Crippen LogP contribution in [-0.2, 0) is 4.79 Å². The first-order chi connectivity index (χ1) is 10.6. The van der Waals surface area contributed by atoms with Crippen LogP contribution in [0.15, 0.2) is 24.3 Å². The molecule has 24 heavy (non-hydrogen) atoms. The van der Waals surface area contributed by atoms with Crippen molar-refractivity contribution in [1.82, 2.24) is 5.32 Å². The minimum atomic E-state index is -4.37. The van der Waals surface area contributed by atoms with E-state index in [1.54, 1.807) is 19.1 Å². The van der Waals surface area contributed by atoms with E-state index >= 15 is 0 Å². The average molecular weight is 369 g/mol. The first-order valence-electron chi connectivity index (χ1n) is 7.49. The quantitative estimate of drug-likeness (QED) is 0.772. The third-order valence-electron chi connectivity index (χ3n) is 3.70. The largest absolute Gasteiger partial charge is 0.484 e. The van der Waals surface area contributed by atoms with Crippen LogP contribution in [0.2, 0.25) is 0 Å². The Morgan fingerprint density at radius 2 is 1.79 bits per heavy atom. The third-order valence-corrected chi connectivity index (χ3v) is 3.70. The van der Waals surface area contributed by atoms with E-state index in [1.807, 2.05) is 13.8 Å². The highest BCUT2D eigenvalue weighted by Gasteiger charge is 2.28. The van der Waals surface area contributed by atoms with Crippen LogP contribution in [0.25, 0.3) is 0 Å². The molecule has 138 valence electrons. The lowest BCUT2D eigenvalue weighted by atomic mass is 9.98. The molecule has 0 saturated carbocycles. The van der Waals surface area contributed by atoms with Gasteiger partial charge in [-0.15, -0.1) is 12.4 Å². The standard InChI is InChI=1S/C16H23F3N2O2.ClH/c1-4-10(2)14(20)15(22)21-11(3)12-5-7-13(8-6-12)23-9-16(17,18)19;/h5-8,10-11,14H,4,9,20H2,1-3H3,(H,21,22);1H. The van der Waals surface area contributed by atoms with Gasteiger partial charge in [-0.2, -0.15) is 13.2 Å². The van der Waals surface area contributed by atoms with E-state index in [-0.39, 0.29) is 36.0 Å². The molecule has 3 unspecified atom stereocenters. The fraction of sp³-hybridized carbons (Fsp3) is 0.562. The van der Waals surface area contributed by atoms with E-state index in [4.69, 9.17) is 5.73 Å². The van der Waals surface area contributed by atoms with E-state index in [1.165, 1.54) is 12.1 Å². The Balaban J connectivity index is 0.00000529. The summed E-state index contributed by atoms with van der Waals surface area (Å²) < 4.78 is 40.9. The topological polar surface area (TPSA) is 64.4 Å². The first kappa shape index (κ1) is 22.5. The maximum atomic E-state index is 12.1. The maximum Gasteiger partial charge on any atom is 0.422 e. The van der Waals surface area contributed by atoms with E-state index in [2.05, 4.69) is 10.1 Å². The number of alkyl halides is 3. The third kappa shape index (κ3) is 7.40. The SMILES string of the molecule is CCC(C)C(N)C(=O)NC(C)c1ccc(OCC(F)(F)F)cc1.Cl. The lowest BCUT2D eigenvalue weighted by Crippen LogP contribution is -2.45. The predicted octanol–water partition coefficient (Wildman–Crippen LogP) is 3.60. The molecule has 0 aliphatic heterocycles. The highest BCUT2D eigenvalue weighted by Crippen LogP contribution is 2.21. The lowest BCUT2D eigenvalue weighted by Gasteiger charge is -2.21. The number of carbonyl (C=O) groups excluding carboxylic acids is 1. The summed E-state index contributed by atoms with van der Waals surface area (Å²) in [5, 5.41) is 2.80. The van der Waals surface area contributed by atoms with Gasteiger partial charge in [-0.1, -0.05) is 32.4 Å². The van der Waals surface area contributed by atoms with Crippen molar-refractivity contribution in [3.05, 3.63) is 29.8 Å². The summed E-state index contributed by atoms with van der Waals surface area (Å²) in [4.78, 5) is 12.0. The molecule has 0 fully saturated rings. The van der Waals surface area contributed by atoms with Crippen molar-refractivity contribution in [2.75, 3.05) is 6.61 Å². The van der Waals surface area contributed by atoms with Crippen molar-refractivity contribution in [3.63, 3.8) is 0 Å². The normalized spacial score (nSPS) is 15.0. The van der Waals surface area contributed by atoms with Gasteiger partial charge in [0.15, 0.2) is 6.61 Å². The zero-order chi connectivity index (χ0) is 17.6. The van der Waals surface area contributed by atoms with Crippen molar-refractivity contribution in [3.8, 4) is 5.75 Å². The molecular weight excluding hydrogens is 345 g/mol. The molecule has 8 heteroatoms. The van der Waals surface area contributed by atoms with Crippen LogP contribution in [0.5, 0.6) is 5.75 Å². The summed E-state index contributed by atoms with van der Waals surface area (Å²) in [6.45, 7) is 4.32. The van der Waals surface area contributed by atoms with E-state index < -0.39 is 18.8 Å². The molecular formula is C16H24ClF3N2O2. The summed E-state index contributed by atoms with van der Waals surface area (Å²) >= 11 is 0. The van der Waals surface area contributed by atoms with Gasteiger partial charge in [-0.3, -0.25) is 4.79 Å². The highest BCUT2D eigenvalue weighted by atomic mass is 35.5. The zero-order valence-corrected chi connectivity index (χ0v) is 14.7. The number of benzene rings is 1. The van der Waals surface area contributed by atoms with Gasteiger partial charge in [0.1, 0.15) is 5.75 Å². The lowest BCUT2D eigenvalue weighted by molar-refractivity contribution is -0.153. The number of nitrogens with two attached hydrogens (primary N) is 1. The molecule has 3 N–H and O–H groups in total. The van der Waals surface area contributed by atoms with Gasteiger partial charge in [-0.25, -0.2) is 0 Å². The molecule has 0 aliphatic rings. The minimum absolute atomic E-state index is 0. The van der Waals surface area contributed by atoms with Crippen LogP contribution in [0.3, 0.4) is 0 Å². The fourth-order valence-corrected chi connectivity index (χ4v) is 1.92. The molecule has 1 aromatic carbocycles. The predicted molar refractivity (Wildman–Crippen MR) is 89.2 cm³/mol. The summed E-state index contributed by atoms with van der Waals surface area (Å²) in [5.41, 5.74) is 6.62. The van der Waals surface area contributed by atoms with E-state index in [9.17, 15) is 18.0 Å². The van der Waals surface area contributed by atoms with Gasteiger partial charge in [0.05, 0.1) is 12.1 Å². The van der Waals surface area contributed by atoms with Crippen molar-refractivity contribution in [2.45, 2.75) is 45.5 Å². The molecule has 3 atom stereocenters. The molecule has 0 bridgehead atoms. The van der Waals surface area contributed by atoms with Crippen molar-refractivity contribution in [2.24, 2.45) is 11.7 Å². The Hall–Kier alpha value is -1.47. The molecule has 0 saturated heterocycles. The fourth-order valence-electron chi connectivity index (χ4n) is 1.92. The second-order valence-electron chi connectivity index (χ2n) is 5.61. The van der Waals surface area contributed by atoms with Gasteiger partial charge >= 0.3 is 6.18 Å². The van der Waals surface area contributed by atoms with Crippen LogP contribution >= 0.6 is 12.4 Å². The molecule has 0 radical (unpaired) electrons. The molecule has 1 amide bonds. The number of amides is 1. The molecule has 0 spiro atoms. The number of rotatable bonds is 7. The van der Waals surface area contributed by atoms with Crippen LogP contribution in [-0.4, -0.2) is 24.7 Å². The number of halogens is 4. The summed E-state index contributed by atoms with van der Waals surface area (Å²) in [6.07, 6.45) is -3.57. The highest BCUT2D eigenvalue weighted by molar-refractivity contribution is 5.85. The molecule has 0 aromatic heterocycles. The Bertz CT molecular complexity index is 509. The zero-order valence-electron chi connectivity index (χ0n) is 13.9. The van der Waals surface area contributed by atoms with Gasteiger partial charge in [0.25, 0.3) is 0 Å². The number of hydrogen-bond acceptors (Lipinski definition) is 3. The average Bonchev–Trinajstić information content (AvgIpc) is 2.51. The van der Waals surface area contributed by atoms with Gasteiger partial charge in [0.2, 0.25) is 5.91 Å². The summed E-state index contributed by atoms with van der Waals surface area (Å²) in [7, 11) is 0. The molecule has 4 nitrogen and oxygen atoms in total. The van der Waals surface area contributed by atoms with Gasteiger partial charge < -0.3 is 15.8 Å². The van der Waals surface area contributed by atoms with Crippen molar-refractivity contribution >= 4 is 18.3 Å². The maximum absolute atomic E-state index is 12.1.